The second-order valence-corrected chi connectivity index (χ2v) is 6.99. The fraction of sp³-hybridized carbons (Fsp3) is 0.154. The first-order chi connectivity index (χ1) is 14.4. The van der Waals surface area contributed by atoms with E-state index in [2.05, 4.69) is 62.9 Å². The quantitative estimate of drug-likeness (QED) is 0.283. The Kier molecular flexibility index (Phi) is 6.28. The van der Waals surface area contributed by atoms with Crippen molar-refractivity contribution in [3.63, 3.8) is 0 Å². The summed E-state index contributed by atoms with van der Waals surface area (Å²) in [6.07, 6.45) is 13.2. The smallest absolute Gasteiger partial charge is 0.180 e. The molecule has 6 rings (SSSR count). The normalized spacial score (nSPS) is 12.3. The maximum atomic E-state index is 4.47. The first kappa shape index (κ1) is 18.9. The predicted octanol–water partition coefficient (Wildman–Crippen LogP) is 6.63. The van der Waals surface area contributed by atoms with Gasteiger partial charge in [0.15, 0.2) is 6.39 Å². The summed E-state index contributed by atoms with van der Waals surface area (Å²) in [5.41, 5.74) is 3.17. The van der Waals surface area contributed by atoms with Crippen LogP contribution in [0, 0.1) is 0 Å². The number of rotatable bonds is 0. The van der Waals surface area contributed by atoms with E-state index in [1.807, 2.05) is 18.2 Å². The van der Waals surface area contributed by atoms with E-state index < -0.39 is 0 Å². The average molecular weight is 380 g/mol. The fourth-order valence-corrected chi connectivity index (χ4v) is 3.83. The Hall–Kier alpha value is -3.46. The molecule has 0 unspecified atom stereocenters. The summed E-state index contributed by atoms with van der Waals surface area (Å²) < 4.78 is 4.47. The minimum Gasteiger partial charge on any atom is -0.452 e. The molecule has 0 N–H and O–H groups in total. The predicted molar refractivity (Wildman–Crippen MR) is 119 cm³/mol. The Bertz CT molecular complexity index is 1110. The first-order valence-electron chi connectivity index (χ1n) is 10.0. The summed E-state index contributed by atoms with van der Waals surface area (Å²) in [5, 5.41) is 5.64. The lowest BCUT2D eigenvalue weighted by molar-refractivity contribution is 0.558. The highest BCUT2D eigenvalue weighted by molar-refractivity contribution is 6.08. The zero-order valence-electron chi connectivity index (χ0n) is 16.4. The Morgan fingerprint density at radius 1 is 0.621 bits per heavy atom. The molecule has 3 nitrogen and oxygen atoms in total. The van der Waals surface area contributed by atoms with Gasteiger partial charge in [-0.15, -0.1) is 0 Å². The number of aromatic nitrogens is 2. The van der Waals surface area contributed by atoms with Crippen molar-refractivity contribution in [2.45, 2.75) is 25.7 Å². The van der Waals surface area contributed by atoms with Gasteiger partial charge in [-0.05, 0) is 70.5 Å². The molecule has 0 aliphatic heterocycles. The van der Waals surface area contributed by atoms with E-state index in [0.717, 1.165) is 0 Å². The zero-order valence-corrected chi connectivity index (χ0v) is 16.4. The third-order valence-electron chi connectivity index (χ3n) is 5.17. The van der Waals surface area contributed by atoms with Crippen LogP contribution in [0.2, 0.25) is 0 Å². The molecule has 29 heavy (non-hydrogen) atoms. The van der Waals surface area contributed by atoms with Gasteiger partial charge in [0.25, 0.3) is 0 Å². The van der Waals surface area contributed by atoms with E-state index in [1.54, 1.807) is 29.7 Å². The van der Waals surface area contributed by atoms with Crippen molar-refractivity contribution in [3.05, 3.63) is 109 Å². The minimum atomic E-state index is 1.25. The van der Waals surface area contributed by atoms with E-state index >= 15 is 0 Å². The molecule has 0 saturated heterocycles. The zero-order chi connectivity index (χ0) is 19.7. The molecular formula is C26H24N2O. The van der Waals surface area contributed by atoms with Crippen molar-refractivity contribution >= 4 is 21.5 Å². The summed E-state index contributed by atoms with van der Waals surface area (Å²) in [6.45, 7) is 0. The summed E-state index contributed by atoms with van der Waals surface area (Å²) in [4.78, 5) is 7.34. The van der Waals surface area contributed by atoms with Gasteiger partial charge < -0.3 is 4.42 Å². The molecule has 1 aliphatic rings. The van der Waals surface area contributed by atoms with Crippen LogP contribution in [0.25, 0.3) is 21.5 Å². The van der Waals surface area contributed by atoms with Crippen molar-refractivity contribution < 1.29 is 4.42 Å². The number of pyridine rings is 1. The standard InChI is InChI=1S/C18H16.C5H5N.C3H3NO/c1-3-7-15-13(5-1)9-11-18-16-8-4-2-6-14(16)10-12-17(15)18;1-2-4-6-5-3-1;1-2-5-3-4-1/h1,3,5,7,9-12H,2,4,6,8H2;1-5H;1-3H. The number of fused-ring (bicyclic) bond motifs is 5. The highest BCUT2D eigenvalue weighted by Gasteiger charge is 2.13. The largest absolute Gasteiger partial charge is 0.452 e. The van der Waals surface area contributed by atoms with Crippen LogP contribution in [0.3, 0.4) is 0 Å². The van der Waals surface area contributed by atoms with Crippen molar-refractivity contribution in [2.24, 2.45) is 0 Å². The maximum absolute atomic E-state index is 4.47. The van der Waals surface area contributed by atoms with E-state index in [1.165, 1.54) is 59.9 Å². The second-order valence-electron chi connectivity index (χ2n) is 6.99. The Balaban J connectivity index is 0.000000152. The highest BCUT2D eigenvalue weighted by Crippen LogP contribution is 2.33. The third-order valence-corrected chi connectivity index (χ3v) is 5.17. The van der Waals surface area contributed by atoms with Crippen LogP contribution in [0.15, 0.2) is 102 Å². The molecule has 2 heterocycles. The minimum absolute atomic E-state index is 1.25. The Morgan fingerprint density at radius 2 is 1.45 bits per heavy atom. The van der Waals surface area contributed by atoms with E-state index in [-0.39, 0.29) is 0 Å². The summed E-state index contributed by atoms with van der Waals surface area (Å²) in [6, 6.07) is 23.7. The molecule has 144 valence electrons. The van der Waals surface area contributed by atoms with Gasteiger partial charge in [-0.3, -0.25) is 4.98 Å². The molecule has 3 heteroatoms. The molecule has 5 aromatic rings. The molecule has 0 fully saturated rings. The van der Waals surface area contributed by atoms with Gasteiger partial charge in [-0.1, -0.05) is 54.6 Å². The van der Waals surface area contributed by atoms with E-state index in [0.29, 0.717) is 0 Å². The monoisotopic (exact) mass is 380 g/mol. The lowest BCUT2D eigenvalue weighted by Crippen LogP contribution is -2.02. The molecule has 3 aromatic carbocycles. The van der Waals surface area contributed by atoms with Gasteiger partial charge in [0.2, 0.25) is 0 Å². The summed E-state index contributed by atoms with van der Waals surface area (Å²) >= 11 is 0. The fourth-order valence-electron chi connectivity index (χ4n) is 3.83. The first-order valence-corrected chi connectivity index (χ1v) is 10.0. The lowest BCUT2D eigenvalue weighted by atomic mass is 9.86. The molecular weight excluding hydrogens is 356 g/mol. The van der Waals surface area contributed by atoms with Crippen molar-refractivity contribution in [1.29, 1.82) is 0 Å². The van der Waals surface area contributed by atoms with Crippen molar-refractivity contribution in [1.82, 2.24) is 9.97 Å². The SMILES string of the molecule is c1ccc2c(c1)ccc1c3c(ccc12)CCCC3.c1ccncc1.c1cocn1. The van der Waals surface area contributed by atoms with E-state index in [9.17, 15) is 0 Å². The average Bonchev–Trinajstić information content (AvgIpc) is 3.41. The highest BCUT2D eigenvalue weighted by atomic mass is 16.3. The number of oxazole rings is 1. The third kappa shape index (κ3) is 4.69. The molecule has 1 aliphatic carbocycles. The van der Waals surface area contributed by atoms with Gasteiger partial charge in [-0.2, -0.15) is 0 Å². The summed E-state index contributed by atoms with van der Waals surface area (Å²) in [7, 11) is 0. The number of aryl methyl sites for hydroxylation is 2. The molecule has 0 amide bonds. The summed E-state index contributed by atoms with van der Waals surface area (Å²) in [5.74, 6) is 0. The Labute approximate surface area is 171 Å². The van der Waals surface area contributed by atoms with Crippen LogP contribution in [0.5, 0.6) is 0 Å². The second kappa shape index (κ2) is 9.65. The van der Waals surface area contributed by atoms with Gasteiger partial charge in [0, 0.05) is 12.4 Å². The molecule has 0 atom stereocenters. The van der Waals surface area contributed by atoms with Crippen LogP contribution in [-0.2, 0) is 12.8 Å². The van der Waals surface area contributed by atoms with Crippen LogP contribution in [0.1, 0.15) is 24.0 Å². The van der Waals surface area contributed by atoms with Crippen molar-refractivity contribution in [2.75, 3.05) is 0 Å². The molecule has 0 spiro atoms. The van der Waals surface area contributed by atoms with E-state index in [4.69, 9.17) is 0 Å². The van der Waals surface area contributed by atoms with Gasteiger partial charge >= 0.3 is 0 Å². The van der Waals surface area contributed by atoms with Crippen LogP contribution < -0.4 is 0 Å². The van der Waals surface area contributed by atoms with Crippen LogP contribution in [-0.4, -0.2) is 9.97 Å². The van der Waals surface area contributed by atoms with Gasteiger partial charge in [0.1, 0.15) is 6.26 Å². The maximum Gasteiger partial charge on any atom is 0.180 e. The number of hydrogen-bond donors (Lipinski definition) is 0. The van der Waals surface area contributed by atoms with Crippen molar-refractivity contribution in [3.8, 4) is 0 Å². The number of nitrogens with zero attached hydrogens (tertiary/aromatic N) is 2. The van der Waals surface area contributed by atoms with Crippen LogP contribution in [0.4, 0.5) is 0 Å². The van der Waals surface area contributed by atoms with Gasteiger partial charge in [0.05, 0.1) is 6.20 Å². The van der Waals surface area contributed by atoms with Crippen LogP contribution >= 0.6 is 0 Å². The Morgan fingerprint density at radius 3 is 2.14 bits per heavy atom. The topological polar surface area (TPSA) is 38.9 Å². The molecule has 0 bridgehead atoms. The number of hydrogen-bond acceptors (Lipinski definition) is 3. The number of benzene rings is 3. The molecule has 2 aromatic heterocycles. The molecule has 0 radical (unpaired) electrons. The lowest BCUT2D eigenvalue weighted by Gasteiger charge is -2.18. The molecule has 0 saturated carbocycles. The van der Waals surface area contributed by atoms with Gasteiger partial charge in [-0.25, -0.2) is 4.98 Å².